The first kappa shape index (κ1) is 15.8. The minimum Gasteiger partial charge on any atom is -0.468 e. The Bertz CT molecular complexity index is 435. The highest BCUT2D eigenvalue weighted by Gasteiger charge is 2.24. The summed E-state index contributed by atoms with van der Waals surface area (Å²) >= 11 is 2.93. The second-order valence-electron chi connectivity index (χ2n) is 3.74. The van der Waals surface area contributed by atoms with Crippen molar-refractivity contribution in [2.75, 3.05) is 7.11 Å². The van der Waals surface area contributed by atoms with Gasteiger partial charge in [0.2, 0.25) is 11.1 Å². The molecule has 0 amide bonds. The fourth-order valence-corrected chi connectivity index (χ4v) is 3.64. The van der Waals surface area contributed by atoms with Crippen molar-refractivity contribution in [3.8, 4) is 0 Å². The van der Waals surface area contributed by atoms with Crippen LogP contribution in [0.4, 0.5) is 0 Å². The molecule has 0 saturated heterocycles. The molecule has 102 valence electrons. The van der Waals surface area contributed by atoms with E-state index in [0.717, 1.165) is 3.79 Å². The van der Waals surface area contributed by atoms with Crippen molar-refractivity contribution in [2.24, 2.45) is 5.92 Å². The summed E-state index contributed by atoms with van der Waals surface area (Å²) in [5, 5.41) is 0. The van der Waals surface area contributed by atoms with Gasteiger partial charge >= 0.3 is 5.97 Å². The van der Waals surface area contributed by atoms with Gasteiger partial charge in [-0.1, -0.05) is 13.8 Å². The predicted octanol–water partition coefficient (Wildman–Crippen LogP) is 2.25. The molecule has 1 aromatic rings. The van der Waals surface area contributed by atoms with Crippen LogP contribution in [0.1, 0.15) is 13.8 Å². The summed E-state index contributed by atoms with van der Waals surface area (Å²) in [5.74, 6) is -0.487. The van der Waals surface area contributed by atoms with Crippen LogP contribution in [-0.2, 0) is 24.9 Å². The maximum atomic E-state index is 11.8. The van der Waals surface area contributed by atoms with Gasteiger partial charge in [-0.2, -0.15) is 9.76 Å². The monoisotopic (exact) mass is 355 g/mol. The zero-order valence-corrected chi connectivity index (χ0v) is 13.4. The first-order chi connectivity index (χ1) is 8.45. The van der Waals surface area contributed by atoms with Crippen LogP contribution in [-0.4, -0.2) is 23.3 Å². The number of rotatable bonds is 6. The summed E-state index contributed by atoms with van der Waals surface area (Å²) in [6.45, 7) is 3.67. The molecule has 1 N–H and O–H groups in total. The summed E-state index contributed by atoms with van der Waals surface area (Å²) in [5.41, 5.74) is 2.49. The third-order valence-corrected chi connectivity index (χ3v) is 4.87. The van der Waals surface area contributed by atoms with E-state index in [1.165, 1.54) is 18.4 Å². The van der Waals surface area contributed by atoms with Crippen molar-refractivity contribution in [1.82, 2.24) is 5.48 Å². The van der Waals surface area contributed by atoms with Gasteiger partial charge in [0.25, 0.3) is 0 Å². The first-order valence-corrected chi connectivity index (χ1v) is 7.82. The Labute approximate surface area is 121 Å². The Morgan fingerprint density at radius 2 is 2.17 bits per heavy atom. The van der Waals surface area contributed by atoms with E-state index in [1.54, 1.807) is 12.1 Å². The Morgan fingerprint density at radius 1 is 1.50 bits per heavy atom. The van der Waals surface area contributed by atoms with Gasteiger partial charge in [0.05, 0.1) is 10.9 Å². The van der Waals surface area contributed by atoms with E-state index in [2.05, 4.69) is 26.1 Å². The van der Waals surface area contributed by atoms with E-state index in [0.29, 0.717) is 4.21 Å². The molecule has 8 heteroatoms. The van der Waals surface area contributed by atoms with Gasteiger partial charge < -0.3 is 4.74 Å². The number of methoxy groups -OCH3 is 1. The van der Waals surface area contributed by atoms with Gasteiger partial charge in [0.1, 0.15) is 10.3 Å². The topological polar surface area (TPSA) is 64.6 Å². The molecular formula is C10H14BrNO4S2. The van der Waals surface area contributed by atoms with Crippen molar-refractivity contribution >= 4 is 44.3 Å². The Hall–Kier alpha value is -0.280. The molecule has 18 heavy (non-hydrogen) atoms. The molecule has 0 fully saturated rings. The second-order valence-corrected chi connectivity index (χ2v) is 7.54. The lowest BCUT2D eigenvalue weighted by Crippen LogP contribution is -2.41. The number of ether oxygens (including phenoxy) is 1. The van der Waals surface area contributed by atoms with Gasteiger partial charge in [0, 0.05) is 0 Å². The van der Waals surface area contributed by atoms with Crippen LogP contribution in [0.5, 0.6) is 0 Å². The van der Waals surface area contributed by atoms with E-state index >= 15 is 0 Å². The summed E-state index contributed by atoms with van der Waals surface area (Å²) in [6.07, 6.45) is 0. The Kier molecular flexibility index (Phi) is 6.44. The third kappa shape index (κ3) is 4.43. The van der Waals surface area contributed by atoms with Crippen molar-refractivity contribution in [2.45, 2.75) is 24.1 Å². The molecule has 0 bridgehead atoms. The lowest BCUT2D eigenvalue weighted by molar-refractivity contribution is -0.146. The van der Waals surface area contributed by atoms with Crippen LogP contribution in [0.3, 0.4) is 0 Å². The molecule has 0 radical (unpaired) electrons. The van der Waals surface area contributed by atoms with E-state index in [1.807, 2.05) is 13.8 Å². The Balaban J connectivity index is 2.57. The minimum atomic E-state index is -1.65. The van der Waals surface area contributed by atoms with Crippen molar-refractivity contribution < 1.29 is 18.0 Å². The van der Waals surface area contributed by atoms with Crippen LogP contribution >= 0.6 is 27.3 Å². The molecule has 0 aliphatic carbocycles. The van der Waals surface area contributed by atoms with E-state index in [4.69, 9.17) is 4.28 Å². The first-order valence-electron chi connectivity index (χ1n) is 5.13. The number of nitrogens with one attached hydrogen (secondary N) is 1. The maximum absolute atomic E-state index is 11.8. The number of esters is 1. The predicted molar refractivity (Wildman–Crippen MR) is 73.3 cm³/mol. The fraction of sp³-hybridized carbons (Fsp3) is 0.500. The number of hydrogen-bond donors (Lipinski definition) is 1. The molecule has 0 saturated carbocycles. The number of carbonyl (C=O) groups is 1. The SMILES string of the molecule is COC(=O)C(NOS(=O)c1ccc(Br)s1)C(C)C. The average molecular weight is 356 g/mol. The molecule has 0 spiro atoms. The zero-order chi connectivity index (χ0) is 13.7. The highest BCUT2D eigenvalue weighted by Crippen LogP contribution is 2.25. The van der Waals surface area contributed by atoms with E-state index in [9.17, 15) is 9.00 Å². The summed E-state index contributed by atoms with van der Waals surface area (Å²) < 4.78 is 22.8. The van der Waals surface area contributed by atoms with Gasteiger partial charge in [0.15, 0.2) is 0 Å². The van der Waals surface area contributed by atoms with Gasteiger partial charge in [-0.15, -0.1) is 11.3 Å². The molecule has 1 aromatic heterocycles. The maximum Gasteiger partial charge on any atom is 0.325 e. The Morgan fingerprint density at radius 3 is 2.61 bits per heavy atom. The zero-order valence-electron chi connectivity index (χ0n) is 10.1. The molecule has 2 unspecified atom stereocenters. The van der Waals surface area contributed by atoms with Crippen LogP contribution in [0, 0.1) is 5.92 Å². The molecule has 5 nitrogen and oxygen atoms in total. The average Bonchev–Trinajstić information content (AvgIpc) is 2.75. The molecule has 0 aliphatic heterocycles. The van der Waals surface area contributed by atoms with Crippen LogP contribution < -0.4 is 5.48 Å². The standard InChI is InChI=1S/C10H14BrNO4S2/c1-6(2)9(10(13)15-3)12-16-18(14)8-5-4-7(11)17-8/h4-6,9,12H,1-3H3. The van der Waals surface area contributed by atoms with Crippen molar-refractivity contribution in [1.29, 1.82) is 0 Å². The lowest BCUT2D eigenvalue weighted by Gasteiger charge is -2.18. The van der Waals surface area contributed by atoms with E-state index < -0.39 is 23.1 Å². The number of thiophene rings is 1. The van der Waals surface area contributed by atoms with Crippen LogP contribution in [0.15, 0.2) is 20.1 Å². The summed E-state index contributed by atoms with van der Waals surface area (Å²) in [7, 11) is 1.30. The number of carbonyl (C=O) groups excluding carboxylic acids is 1. The fourth-order valence-electron chi connectivity index (χ4n) is 1.11. The summed E-state index contributed by atoms with van der Waals surface area (Å²) in [4.78, 5) is 11.4. The second kappa shape index (κ2) is 7.34. The number of hydrogen-bond acceptors (Lipinski definition) is 6. The minimum absolute atomic E-state index is 0.0375. The molecule has 0 aliphatic rings. The highest BCUT2D eigenvalue weighted by molar-refractivity contribution is 9.11. The molecule has 0 aromatic carbocycles. The van der Waals surface area contributed by atoms with Crippen LogP contribution in [0.2, 0.25) is 0 Å². The molecular weight excluding hydrogens is 342 g/mol. The van der Waals surface area contributed by atoms with Gasteiger partial charge in [-0.05, 0) is 34.0 Å². The molecule has 2 atom stereocenters. The normalized spacial score (nSPS) is 14.5. The smallest absolute Gasteiger partial charge is 0.325 e. The third-order valence-electron chi connectivity index (χ3n) is 2.09. The van der Waals surface area contributed by atoms with Crippen molar-refractivity contribution in [3.05, 3.63) is 15.9 Å². The summed E-state index contributed by atoms with van der Waals surface area (Å²) in [6, 6.07) is 2.82. The van der Waals surface area contributed by atoms with Crippen LogP contribution in [0.25, 0.3) is 0 Å². The highest BCUT2D eigenvalue weighted by atomic mass is 79.9. The number of halogens is 1. The van der Waals surface area contributed by atoms with Crippen molar-refractivity contribution in [3.63, 3.8) is 0 Å². The number of hydroxylamine groups is 1. The van der Waals surface area contributed by atoms with Gasteiger partial charge in [-0.25, -0.2) is 4.21 Å². The quantitative estimate of drug-likeness (QED) is 0.626. The van der Waals surface area contributed by atoms with E-state index in [-0.39, 0.29) is 5.92 Å². The largest absolute Gasteiger partial charge is 0.468 e. The lowest BCUT2D eigenvalue weighted by atomic mass is 10.1. The molecule has 1 heterocycles. The van der Waals surface area contributed by atoms with Gasteiger partial charge in [-0.3, -0.25) is 4.79 Å². The molecule has 1 rings (SSSR count).